The van der Waals surface area contributed by atoms with Gasteiger partial charge in [0.15, 0.2) is 0 Å². The Labute approximate surface area is 179 Å². The molecule has 29 heavy (non-hydrogen) atoms. The standard InChI is InChI=1S/C23H21ClN2O2S/c24-19-8-4-5-9-22(19)29-16-18-10-12-21(20(26-18)11-13-23(25)27)28-15-14-17-6-2-1-3-7-17/h1-13H,14-16H2,(H2,25,27). The van der Waals surface area contributed by atoms with Crippen LogP contribution in [0.25, 0.3) is 6.08 Å². The minimum Gasteiger partial charge on any atom is -0.491 e. The number of benzene rings is 2. The van der Waals surface area contributed by atoms with Crippen molar-refractivity contribution in [3.8, 4) is 5.75 Å². The smallest absolute Gasteiger partial charge is 0.241 e. The molecule has 0 aliphatic heterocycles. The molecular formula is C23H21ClN2O2S. The average molecular weight is 425 g/mol. The van der Waals surface area contributed by atoms with Crippen LogP contribution in [0, 0.1) is 0 Å². The van der Waals surface area contributed by atoms with E-state index >= 15 is 0 Å². The average Bonchev–Trinajstić information content (AvgIpc) is 2.73. The third-order valence-electron chi connectivity index (χ3n) is 4.05. The number of nitrogens with zero attached hydrogens (tertiary/aromatic N) is 1. The van der Waals surface area contributed by atoms with Crippen molar-refractivity contribution < 1.29 is 9.53 Å². The van der Waals surface area contributed by atoms with E-state index in [1.165, 1.54) is 11.6 Å². The molecule has 0 aliphatic carbocycles. The van der Waals surface area contributed by atoms with Gasteiger partial charge in [-0.05, 0) is 35.9 Å². The van der Waals surface area contributed by atoms with Gasteiger partial charge in [-0.1, -0.05) is 54.1 Å². The second-order valence-corrected chi connectivity index (χ2v) is 7.65. The van der Waals surface area contributed by atoms with Crippen LogP contribution >= 0.6 is 23.4 Å². The van der Waals surface area contributed by atoms with Gasteiger partial charge in [0.25, 0.3) is 0 Å². The fraction of sp³-hybridized carbons (Fsp3) is 0.130. The summed E-state index contributed by atoms with van der Waals surface area (Å²) in [6.07, 6.45) is 3.66. The number of hydrogen-bond donors (Lipinski definition) is 1. The number of amides is 1. The molecule has 1 heterocycles. The molecule has 0 aliphatic rings. The number of halogens is 1. The molecule has 0 saturated carbocycles. The third-order valence-corrected chi connectivity index (χ3v) is 5.60. The quantitative estimate of drug-likeness (QED) is 0.381. The molecule has 3 rings (SSSR count). The highest BCUT2D eigenvalue weighted by Gasteiger charge is 2.08. The summed E-state index contributed by atoms with van der Waals surface area (Å²) in [4.78, 5) is 16.8. The topological polar surface area (TPSA) is 65.2 Å². The van der Waals surface area contributed by atoms with Crippen LogP contribution in [-0.4, -0.2) is 17.5 Å². The van der Waals surface area contributed by atoms with Gasteiger partial charge < -0.3 is 10.5 Å². The minimum absolute atomic E-state index is 0.511. The lowest BCUT2D eigenvalue weighted by Crippen LogP contribution is -2.06. The monoisotopic (exact) mass is 424 g/mol. The number of primary amides is 1. The summed E-state index contributed by atoms with van der Waals surface area (Å²) >= 11 is 7.82. The lowest BCUT2D eigenvalue weighted by molar-refractivity contribution is -0.113. The molecule has 0 unspecified atom stereocenters. The highest BCUT2D eigenvalue weighted by atomic mass is 35.5. The fourth-order valence-corrected chi connectivity index (χ4v) is 3.77. The van der Waals surface area contributed by atoms with Crippen LogP contribution in [-0.2, 0) is 17.0 Å². The molecule has 3 aromatic rings. The van der Waals surface area contributed by atoms with Crippen LogP contribution in [0.1, 0.15) is 17.0 Å². The van der Waals surface area contributed by atoms with Crippen molar-refractivity contribution in [3.05, 3.63) is 94.8 Å². The maximum Gasteiger partial charge on any atom is 0.241 e. The maximum atomic E-state index is 11.2. The van der Waals surface area contributed by atoms with Crippen LogP contribution in [0.15, 0.2) is 77.7 Å². The first-order chi connectivity index (χ1) is 14.1. The first-order valence-electron chi connectivity index (χ1n) is 9.13. The lowest BCUT2D eigenvalue weighted by atomic mass is 10.2. The van der Waals surface area contributed by atoms with E-state index in [0.29, 0.717) is 28.8 Å². The third kappa shape index (κ3) is 6.66. The molecule has 2 N–H and O–H groups in total. The Morgan fingerprint density at radius 3 is 2.59 bits per heavy atom. The molecule has 0 fully saturated rings. The summed E-state index contributed by atoms with van der Waals surface area (Å²) < 4.78 is 5.92. The van der Waals surface area contributed by atoms with Crippen LogP contribution in [0.2, 0.25) is 5.02 Å². The predicted molar refractivity (Wildman–Crippen MR) is 119 cm³/mol. The highest BCUT2D eigenvalue weighted by Crippen LogP contribution is 2.30. The summed E-state index contributed by atoms with van der Waals surface area (Å²) in [7, 11) is 0. The second-order valence-electron chi connectivity index (χ2n) is 6.22. The molecule has 0 atom stereocenters. The lowest BCUT2D eigenvalue weighted by Gasteiger charge is -2.11. The summed E-state index contributed by atoms with van der Waals surface area (Å²) in [5.74, 6) is 0.730. The van der Waals surface area contributed by atoms with Crippen LogP contribution in [0.3, 0.4) is 0 Å². The van der Waals surface area contributed by atoms with Crippen molar-refractivity contribution in [2.75, 3.05) is 6.61 Å². The molecule has 148 valence electrons. The molecular weight excluding hydrogens is 404 g/mol. The predicted octanol–water partition coefficient (Wildman–Crippen LogP) is 5.15. The number of aromatic nitrogens is 1. The summed E-state index contributed by atoms with van der Waals surface area (Å²) in [6, 6.07) is 21.6. The van der Waals surface area contributed by atoms with Gasteiger partial charge in [-0.3, -0.25) is 4.79 Å². The van der Waals surface area contributed by atoms with E-state index in [0.717, 1.165) is 17.0 Å². The van der Waals surface area contributed by atoms with Crippen molar-refractivity contribution >= 4 is 35.3 Å². The Balaban J connectivity index is 1.70. The highest BCUT2D eigenvalue weighted by molar-refractivity contribution is 7.98. The van der Waals surface area contributed by atoms with E-state index in [9.17, 15) is 4.79 Å². The van der Waals surface area contributed by atoms with Crippen molar-refractivity contribution in [1.29, 1.82) is 0 Å². The van der Waals surface area contributed by atoms with Gasteiger partial charge in [-0.25, -0.2) is 4.98 Å². The number of hydrogen-bond acceptors (Lipinski definition) is 4. The molecule has 0 spiro atoms. The zero-order valence-electron chi connectivity index (χ0n) is 15.8. The molecule has 0 bridgehead atoms. The number of carbonyl (C=O) groups is 1. The Kier molecular flexibility index (Phi) is 7.73. The van der Waals surface area contributed by atoms with Crippen molar-refractivity contribution in [3.63, 3.8) is 0 Å². The van der Waals surface area contributed by atoms with Gasteiger partial charge in [0, 0.05) is 23.1 Å². The first-order valence-corrected chi connectivity index (χ1v) is 10.5. The zero-order valence-corrected chi connectivity index (χ0v) is 17.3. The first kappa shape index (κ1) is 21.0. The summed E-state index contributed by atoms with van der Waals surface area (Å²) in [5.41, 5.74) is 7.87. The molecule has 1 aromatic heterocycles. The Morgan fingerprint density at radius 1 is 1.07 bits per heavy atom. The van der Waals surface area contributed by atoms with Gasteiger partial charge in [0.05, 0.1) is 17.3 Å². The SMILES string of the molecule is NC(=O)C=Cc1nc(CSc2ccccc2Cl)ccc1OCCc1ccccc1. The van der Waals surface area contributed by atoms with Crippen LogP contribution in [0.5, 0.6) is 5.75 Å². The molecule has 6 heteroatoms. The van der Waals surface area contributed by atoms with Gasteiger partial charge in [0.1, 0.15) is 11.4 Å². The number of carbonyl (C=O) groups excluding carboxylic acids is 1. The van der Waals surface area contributed by atoms with Crippen molar-refractivity contribution in [2.45, 2.75) is 17.1 Å². The Hall–Kier alpha value is -2.76. The maximum absolute atomic E-state index is 11.2. The molecule has 0 saturated heterocycles. The van der Waals surface area contributed by atoms with Crippen LogP contribution in [0.4, 0.5) is 0 Å². The number of nitrogens with two attached hydrogens (primary N) is 1. The van der Waals surface area contributed by atoms with E-state index in [2.05, 4.69) is 17.1 Å². The van der Waals surface area contributed by atoms with Gasteiger partial charge in [-0.2, -0.15) is 0 Å². The van der Waals surface area contributed by atoms with Crippen LogP contribution < -0.4 is 10.5 Å². The van der Waals surface area contributed by atoms with E-state index < -0.39 is 5.91 Å². The number of rotatable bonds is 9. The number of ether oxygens (including phenoxy) is 1. The molecule has 0 radical (unpaired) electrons. The Bertz CT molecular complexity index is 993. The van der Waals surface area contributed by atoms with E-state index in [1.807, 2.05) is 54.6 Å². The molecule has 1 amide bonds. The van der Waals surface area contributed by atoms with E-state index in [1.54, 1.807) is 17.8 Å². The molecule has 2 aromatic carbocycles. The number of pyridine rings is 1. The number of thioether (sulfide) groups is 1. The summed E-state index contributed by atoms with van der Waals surface area (Å²) in [5, 5.41) is 0.715. The fourth-order valence-electron chi connectivity index (χ4n) is 2.62. The minimum atomic E-state index is -0.530. The normalized spacial score (nSPS) is 10.9. The van der Waals surface area contributed by atoms with Crippen molar-refractivity contribution in [2.24, 2.45) is 5.73 Å². The van der Waals surface area contributed by atoms with Gasteiger partial charge >= 0.3 is 0 Å². The largest absolute Gasteiger partial charge is 0.491 e. The second kappa shape index (κ2) is 10.7. The summed E-state index contributed by atoms with van der Waals surface area (Å²) in [6.45, 7) is 0.511. The van der Waals surface area contributed by atoms with Gasteiger partial charge in [0.2, 0.25) is 5.91 Å². The van der Waals surface area contributed by atoms with Crippen molar-refractivity contribution in [1.82, 2.24) is 4.98 Å². The molecule has 4 nitrogen and oxygen atoms in total. The van der Waals surface area contributed by atoms with Gasteiger partial charge in [-0.15, -0.1) is 11.8 Å². The zero-order chi connectivity index (χ0) is 20.5. The van der Waals surface area contributed by atoms with E-state index in [-0.39, 0.29) is 0 Å². The Morgan fingerprint density at radius 2 is 1.83 bits per heavy atom. The van der Waals surface area contributed by atoms with E-state index in [4.69, 9.17) is 22.1 Å².